The SMILES string of the molecule is CC1(C(=O)O)CCN(C(=O)[C@@H]2CCC[C@@H](NC(=O)OCC3c4ccccc4-c4ccccc43)C2)C1. The molecule has 1 saturated carbocycles. The maximum atomic E-state index is 13.1. The number of aliphatic carboxylic acids is 1. The Balaban J connectivity index is 1.16. The van der Waals surface area contributed by atoms with E-state index in [9.17, 15) is 19.5 Å². The molecule has 1 aliphatic heterocycles. The number of nitrogens with zero attached hydrogens (tertiary/aromatic N) is 1. The van der Waals surface area contributed by atoms with Crippen LogP contribution in [0.15, 0.2) is 48.5 Å². The van der Waals surface area contributed by atoms with E-state index in [1.807, 2.05) is 24.3 Å². The fourth-order valence-electron chi connectivity index (χ4n) is 5.93. The lowest BCUT2D eigenvalue weighted by Gasteiger charge is -2.31. The second kappa shape index (κ2) is 9.36. The van der Waals surface area contributed by atoms with Crippen LogP contribution >= 0.6 is 0 Å². The first-order valence-electron chi connectivity index (χ1n) is 12.5. The van der Waals surface area contributed by atoms with E-state index in [4.69, 9.17) is 4.74 Å². The third-order valence-electron chi connectivity index (χ3n) is 7.99. The highest BCUT2D eigenvalue weighted by molar-refractivity contribution is 5.82. The fraction of sp³-hybridized carbons (Fsp3) is 0.464. The predicted octanol–water partition coefficient (Wildman–Crippen LogP) is 4.41. The number of carbonyl (C=O) groups excluding carboxylic acids is 2. The number of carboxylic acids is 1. The summed E-state index contributed by atoms with van der Waals surface area (Å²) in [7, 11) is 0. The molecule has 7 heteroatoms. The number of nitrogens with one attached hydrogen (secondary N) is 1. The van der Waals surface area contributed by atoms with Gasteiger partial charge in [-0.2, -0.15) is 0 Å². The topological polar surface area (TPSA) is 95.9 Å². The second-order valence-electron chi connectivity index (χ2n) is 10.4. The molecule has 3 atom stereocenters. The molecular weight excluding hydrogens is 444 g/mol. The first-order chi connectivity index (χ1) is 16.9. The van der Waals surface area contributed by atoms with Gasteiger partial charge in [-0.05, 0) is 54.9 Å². The average Bonchev–Trinajstić information content (AvgIpc) is 3.42. The highest BCUT2D eigenvalue weighted by Crippen LogP contribution is 2.44. The van der Waals surface area contributed by atoms with Crippen LogP contribution in [0.5, 0.6) is 0 Å². The number of carbonyl (C=O) groups is 3. The van der Waals surface area contributed by atoms with Crippen molar-refractivity contribution in [2.24, 2.45) is 11.3 Å². The van der Waals surface area contributed by atoms with Crippen molar-refractivity contribution >= 4 is 18.0 Å². The molecule has 0 bridgehead atoms. The number of alkyl carbamates (subject to hydrolysis) is 1. The quantitative estimate of drug-likeness (QED) is 0.667. The van der Waals surface area contributed by atoms with Crippen molar-refractivity contribution in [2.75, 3.05) is 19.7 Å². The lowest BCUT2D eigenvalue weighted by atomic mass is 9.84. The Kier molecular flexibility index (Phi) is 6.26. The van der Waals surface area contributed by atoms with Crippen LogP contribution in [0.4, 0.5) is 4.79 Å². The van der Waals surface area contributed by atoms with E-state index in [1.54, 1.807) is 11.8 Å². The minimum absolute atomic E-state index is 0.00699. The Morgan fingerprint density at radius 1 is 1.06 bits per heavy atom. The monoisotopic (exact) mass is 476 g/mol. The summed E-state index contributed by atoms with van der Waals surface area (Å²) in [5.74, 6) is -1.04. The molecule has 1 saturated heterocycles. The molecule has 2 fully saturated rings. The highest BCUT2D eigenvalue weighted by atomic mass is 16.5. The number of likely N-dealkylation sites (tertiary alicyclic amines) is 1. The van der Waals surface area contributed by atoms with Crippen molar-refractivity contribution < 1.29 is 24.2 Å². The summed E-state index contributed by atoms with van der Waals surface area (Å²) in [4.78, 5) is 39.0. The molecule has 2 amide bonds. The van der Waals surface area contributed by atoms with Crippen molar-refractivity contribution in [2.45, 2.75) is 51.0 Å². The Labute approximate surface area is 205 Å². The molecule has 2 N–H and O–H groups in total. The largest absolute Gasteiger partial charge is 0.481 e. The van der Waals surface area contributed by atoms with E-state index in [-0.39, 0.29) is 36.9 Å². The third kappa shape index (κ3) is 4.51. The van der Waals surface area contributed by atoms with Gasteiger partial charge in [0.25, 0.3) is 0 Å². The smallest absolute Gasteiger partial charge is 0.407 e. The number of fused-ring (bicyclic) bond motifs is 3. The molecule has 1 heterocycles. The zero-order valence-electron chi connectivity index (χ0n) is 20.0. The van der Waals surface area contributed by atoms with Crippen LogP contribution in [0.1, 0.15) is 56.1 Å². The van der Waals surface area contributed by atoms with E-state index in [1.165, 1.54) is 22.3 Å². The fourth-order valence-corrected chi connectivity index (χ4v) is 5.93. The Morgan fingerprint density at radius 2 is 1.71 bits per heavy atom. The van der Waals surface area contributed by atoms with Gasteiger partial charge in [0.2, 0.25) is 5.91 Å². The molecule has 0 radical (unpaired) electrons. The van der Waals surface area contributed by atoms with Gasteiger partial charge < -0.3 is 20.1 Å². The zero-order valence-corrected chi connectivity index (χ0v) is 20.0. The van der Waals surface area contributed by atoms with Gasteiger partial charge >= 0.3 is 12.1 Å². The molecule has 0 spiro atoms. The number of benzene rings is 2. The lowest BCUT2D eigenvalue weighted by molar-refractivity contribution is -0.147. The normalized spacial score (nSPS) is 25.6. The first-order valence-corrected chi connectivity index (χ1v) is 12.5. The summed E-state index contributed by atoms with van der Waals surface area (Å²) in [6.07, 6.45) is 2.99. The van der Waals surface area contributed by atoms with Crippen molar-refractivity contribution in [1.82, 2.24) is 10.2 Å². The third-order valence-corrected chi connectivity index (χ3v) is 7.99. The highest BCUT2D eigenvalue weighted by Gasteiger charge is 2.44. The van der Waals surface area contributed by atoms with E-state index in [0.29, 0.717) is 19.4 Å². The number of amides is 2. The van der Waals surface area contributed by atoms with Crippen LogP contribution in [0.3, 0.4) is 0 Å². The van der Waals surface area contributed by atoms with Crippen LogP contribution < -0.4 is 5.32 Å². The van der Waals surface area contributed by atoms with E-state index in [0.717, 1.165) is 19.3 Å². The minimum atomic E-state index is -0.872. The maximum Gasteiger partial charge on any atom is 0.407 e. The standard InChI is InChI=1S/C28H32N2O5/c1-28(26(32)33)13-14-30(17-28)25(31)18-7-6-8-19(15-18)29-27(34)35-16-24-22-11-4-2-9-20(22)21-10-3-5-12-23(21)24/h2-5,9-12,18-19,24H,6-8,13-17H2,1H3,(H,29,34)(H,32,33)/t18-,19-,28?/m1/s1. The number of rotatable bonds is 5. The van der Waals surface area contributed by atoms with Gasteiger partial charge in [0, 0.05) is 31.0 Å². The van der Waals surface area contributed by atoms with E-state index < -0.39 is 17.5 Å². The minimum Gasteiger partial charge on any atom is -0.481 e. The van der Waals surface area contributed by atoms with Crippen LogP contribution in [0, 0.1) is 11.3 Å². The summed E-state index contributed by atoms with van der Waals surface area (Å²) >= 11 is 0. The molecule has 184 valence electrons. The molecular formula is C28H32N2O5. The average molecular weight is 477 g/mol. The Bertz CT molecular complexity index is 1100. The zero-order chi connectivity index (χ0) is 24.6. The molecule has 2 aliphatic carbocycles. The van der Waals surface area contributed by atoms with Crippen molar-refractivity contribution in [1.29, 1.82) is 0 Å². The summed E-state index contributed by atoms with van der Waals surface area (Å²) in [5, 5.41) is 12.4. The molecule has 7 nitrogen and oxygen atoms in total. The van der Waals surface area contributed by atoms with Gasteiger partial charge in [-0.3, -0.25) is 9.59 Å². The van der Waals surface area contributed by atoms with Crippen LogP contribution in [0.25, 0.3) is 11.1 Å². The number of carboxylic acid groups (broad SMARTS) is 1. The van der Waals surface area contributed by atoms with Crippen molar-refractivity contribution in [3.63, 3.8) is 0 Å². The number of hydrogen-bond acceptors (Lipinski definition) is 4. The molecule has 2 aromatic carbocycles. The van der Waals surface area contributed by atoms with Gasteiger partial charge in [-0.15, -0.1) is 0 Å². The number of hydrogen-bond donors (Lipinski definition) is 2. The molecule has 1 unspecified atom stereocenters. The van der Waals surface area contributed by atoms with Gasteiger partial charge in [0.1, 0.15) is 6.61 Å². The van der Waals surface area contributed by atoms with Gasteiger partial charge in [0.15, 0.2) is 0 Å². The van der Waals surface area contributed by atoms with Crippen molar-refractivity contribution in [3.05, 3.63) is 59.7 Å². The molecule has 3 aliphatic rings. The first kappa shape index (κ1) is 23.4. The summed E-state index contributed by atoms with van der Waals surface area (Å²) in [6.45, 7) is 2.69. The molecule has 0 aromatic heterocycles. The van der Waals surface area contributed by atoms with E-state index in [2.05, 4.69) is 29.6 Å². The van der Waals surface area contributed by atoms with Gasteiger partial charge in [0.05, 0.1) is 5.41 Å². The lowest BCUT2D eigenvalue weighted by Crippen LogP contribution is -2.44. The number of ether oxygens (including phenoxy) is 1. The Morgan fingerprint density at radius 3 is 2.34 bits per heavy atom. The second-order valence-corrected chi connectivity index (χ2v) is 10.4. The molecule has 2 aromatic rings. The predicted molar refractivity (Wildman–Crippen MR) is 131 cm³/mol. The van der Waals surface area contributed by atoms with Crippen LogP contribution in [0.2, 0.25) is 0 Å². The summed E-state index contributed by atoms with van der Waals surface area (Å²) in [5.41, 5.74) is 3.84. The maximum absolute atomic E-state index is 13.1. The van der Waals surface area contributed by atoms with Crippen molar-refractivity contribution in [3.8, 4) is 11.1 Å². The molecule has 35 heavy (non-hydrogen) atoms. The summed E-state index contributed by atoms with van der Waals surface area (Å²) < 4.78 is 5.68. The van der Waals surface area contributed by atoms with Gasteiger partial charge in [-0.25, -0.2) is 4.79 Å². The van der Waals surface area contributed by atoms with E-state index >= 15 is 0 Å². The van der Waals surface area contributed by atoms with Crippen LogP contribution in [-0.4, -0.2) is 53.7 Å². The van der Waals surface area contributed by atoms with Crippen LogP contribution in [-0.2, 0) is 14.3 Å². The van der Waals surface area contributed by atoms with Gasteiger partial charge in [-0.1, -0.05) is 55.0 Å². The Hall–Kier alpha value is -3.35. The molecule has 5 rings (SSSR count). The summed E-state index contributed by atoms with van der Waals surface area (Å²) in [6, 6.07) is 16.3.